The standard InChI is InChI=1S/C11H21O/c1-4-7-10(8-5-2)11(12)9-6-3/h6,9-12H,3-5,7-8H2,1-2H3. The Hall–Kier alpha value is -0.300. The second-order valence-electron chi connectivity index (χ2n) is 3.26. The Morgan fingerprint density at radius 2 is 1.75 bits per heavy atom. The minimum absolute atomic E-state index is 0.289. The molecule has 0 saturated heterocycles. The molecule has 0 rings (SSSR count). The normalized spacial score (nSPS) is 14.4. The largest absolute Gasteiger partial charge is 0.389 e. The molecule has 0 aromatic carbocycles. The van der Waals surface area contributed by atoms with Crippen LogP contribution in [0, 0.1) is 12.8 Å². The van der Waals surface area contributed by atoms with Crippen molar-refractivity contribution < 1.29 is 5.11 Å². The molecule has 71 valence electrons. The van der Waals surface area contributed by atoms with Gasteiger partial charge in [0.15, 0.2) is 0 Å². The van der Waals surface area contributed by atoms with E-state index in [-0.39, 0.29) is 6.10 Å². The van der Waals surface area contributed by atoms with Crippen molar-refractivity contribution in [2.75, 3.05) is 0 Å². The lowest BCUT2D eigenvalue weighted by atomic mass is 9.92. The van der Waals surface area contributed by atoms with Gasteiger partial charge in [0.05, 0.1) is 6.10 Å². The molecule has 1 nitrogen and oxygen atoms in total. The van der Waals surface area contributed by atoms with E-state index in [0.29, 0.717) is 5.92 Å². The molecule has 0 aliphatic rings. The maximum atomic E-state index is 9.64. The number of rotatable bonds is 6. The van der Waals surface area contributed by atoms with E-state index in [1.807, 2.05) is 0 Å². The molecule has 1 N–H and O–H groups in total. The zero-order chi connectivity index (χ0) is 9.40. The van der Waals surface area contributed by atoms with Crippen molar-refractivity contribution in [3.05, 3.63) is 19.1 Å². The van der Waals surface area contributed by atoms with E-state index in [1.165, 1.54) is 0 Å². The maximum absolute atomic E-state index is 9.64. The molecule has 12 heavy (non-hydrogen) atoms. The third kappa shape index (κ3) is 4.55. The molecule has 0 amide bonds. The summed E-state index contributed by atoms with van der Waals surface area (Å²) < 4.78 is 0. The lowest BCUT2D eigenvalue weighted by Crippen LogP contribution is -2.17. The minimum Gasteiger partial charge on any atom is -0.389 e. The highest BCUT2D eigenvalue weighted by Crippen LogP contribution is 2.18. The van der Waals surface area contributed by atoms with Gasteiger partial charge in [-0.25, -0.2) is 0 Å². The second kappa shape index (κ2) is 7.35. The molecule has 1 heteroatoms. The van der Waals surface area contributed by atoms with Crippen LogP contribution in [-0.4, -0.2) is 11.2 Å². The first-order valence-electron chi connectivity index (χ1n) is 4.90. The molecular formula is C11H21O. The van der Waals surface area contributed by atoms with Crippen LogP contribution in [0.2, 0.25) is 0 Å². The van der Waals surface area contributed by atoms with Crippen molar-refractivity contribution in [1.82, 2.24) is 0 Å². The summed E-state index contributed by atoms with van der Waals surface area (Å²) in [5, 5.41) is 9.64. The number of hydrogen-bond acceptors (Lipinski definition) is 1. The first-order valence-corrected chi connectivity index (χ1v) is 4.90. The first kappa shape index (κ1) is 11.7. The smallest absolute Gasteiger partial charge is 0.0749 e. The predicted molar refractivity (Wildman–Crippen MR) is 53.8 cm³/mol. The summed E-state index contributed by atoms with van der Waals surface area (Å²) in [5.74, 6) is 0.429. The lowest BCUT2D eigenvalue weighted by Gasteiger charge is -2.18. The summed E-state index contributed by atoms with van der Waals surface area (Å²) in [7, 11) is 0. The minimum atomic E-state index is -0.289. The Morgan fingerprint density at radius 3 is 2.08 bits per heavy atom. The van der Waals surface area contributed by atoms with E-state index < -0.39 is 0 Å². The zero-order valence-corrected chi connectivity index (χ0v) is 8.29. The Kier molecular flexibility index (Phi) is 7.17. The van der Waals surface area contributed by atoms with Crippen LogP contribution in [0.3, 0.4) is 0 Å². The van der Waals surface area contributed by atoms with Crippen molar-refractivity contribution in [2.24, 2.45) is 5.92 Å². The van der Waals surface area contributed by atoms with Crippen LogP contribution < -0.4 is 0 Å². The van der Waals surface area contributed by atoms with Crippen LogP contribution in [0.1, 0.15) is 39.5 Å². The molecule has 1 radical (unpaired) electrons. The Morgan fingerprint density at radius 1 is 1.25 bits per heavy atom. The highest BCUT2D eigenvalue weighted by Gasteiger charge is 2.13. The molecule has 0 saturated carbocycles. The van der Waals surface area contributed by atoms with Gasteiger partial charge in [-0.15, -0.1) is 0 Å². The second-order valence-corrected chi connectivity index (χ2v) is 3.26. The van der Waals surface area contributed by atoms with Gasteiger partial charge in [0.2, 0.25) is 0 Å². The maximum Gasteiger partial charge on any atom is 0.0749 e. The molecule has 0 aliphatic heterocycles. The average molecular weight is 169 g/mol. The van der Waals surface area contributed by atoms with Gasteiger partial charge in [0.1, 0.15) is 0 Å². The van der Waals surface area contributed by atoms with E-state index in [0.717, 1.165) is 25.7 Å². The molecule has 1 unspecified atom stereocenters. The Balaban J connectivity index is 3.89. The van der Waals surface area contributed by atoms with Gasteiger partial charge in [-0.05, 0) is 25.7 Å². The van der Waals surface area contributed by atoms with Crippen molar-refractivity contribution in [1.29, 1.82) is 0 Å². The molecule has 0 aliphatic carbocycles. The SMILES string of the molecule is [CH2]C=CC(O)C(CCC)CCC. The molecular weight excluding hydrogens is 148 g/mol. The molecule has 0 aromatic heterocycles. The fraction of sp³-hybridized carbons (Fsp3) is 0.727. The van der Waals surface area contributed by atoms with Crippen LogP contribution >= 0.6 is 0 Å². The summed E-state index contributed by atoms with van der Waals surface area (Å²) in [6.45, 7) is 7.90. The van der Waals surface area contributed by atoms with E-state index in [4.69, 9.17) is 0 Å². The summed E-state index contributed by atoms with van der Waals surface area (Å²) >= 11 is 0. The van der Waals surface area contributed by atoms with Gasteiger partial charge in [0.25, 0.3) is 0 Å². The first-order chi connectivity index (χ1) is 5.76. The molecule has 0 heterocycles. The van der Waals surface area contributed by atoms with Crippen LogP contribution in [0.5, 0.6) is 0 Å². The van der Waals surface area contributed by atoms with E-state index >= 15 is 0 Å². The van der Waals surface area contributed by atoms with Crippen molar-refractivity contribution in [2.45, 2.75) is 45.6 Å². The number of aliphatic hydroxyl groups is 1. The van der Waals surface area contributed by atoms with E-state index in [1.54, 1.807) is 12.2 Å². The lowest BCUT2D eigenvalue weighted by molar-refractivity contribution is 0.139. The number of hydrogen-bond donors (Lipinski definition) is 1. The highest BCUT2D eigenvalue weighted by molar-refractivity contribution is 4.93. The molecule has 0 bridgehead atoms. The summed E-state index contributed by atoms with van der Waals surface area (Å²) in [6.07, 6.45) is 7.69. The van der Waals surface area contributed by atoms with Crippen LogP contribution in [-0.2, 0) is 0 Å². The number of allylic oxidation sites excluding steroid dienone is 1. The summed E-state index contributed by atoms with van der Waals surface area (Å²) in [6, 6.07) is 0. The van der Waals surface area contributed by atoms with Crippen molar-refractivity contribution >= 4 is 0 Å². The monoisotopic (exact) mass is 169 g/mol. The third-order valence-corrected chi connectivity index (χ3v) is 2.14. The topological polar surface area (TPSA) is 20.2 Å². The fourth-order valence-corrected chi connectivity index (χ4v) is 1.52. The van der Waals surface area contributed by atoms with Crippen molar-refractivity contribution in [3.8, 4) is 0 Å². The van der Waals surface area contributed by atoms with Gasteiger partial charge in [0, 0.05) is 0 Å². The van der Waals surface area contributed by atoms with E-state index in [9.17, 15) is 5.11 Å². The summed E-state index contributed by atoms with van der Waals surface area (Å²) in [4.78, 5) is 0. The zero-order valence-electron chi connectivity index (χ0n) is 8.29. The quantitative estimate of drug-likeness (QED) is 0.648. The molecule has 1 atom stereocenters. The molecule has 0 fully saturated rings. The van der Waals surface area contributed by atoms with Gasteiger partial charge >= 0.3 is 0 Å². The molecule has 0 aromatic rings. The fourth-order valence-electron chi connectivity index (χ4n) is 1.52. The van der Waals surface area contributed by atoms with Crippen molar-refractivity contribution in [3.63, 3.8) is 0 Å². The summed E-state index contributed by atoms with van der Waals surface area (Å²) in [5.41, 5.74) is 0. The Bertz CT molecular complexity index is 112. The van der Waals surface area contributed by atoms with Gasteiger partial charge in [-0.1, -0.05) is 38.8 Å². The van der Waals surface area contributed by atoms with E-state index in [2.05, 4.69) is 20.8 Å². The van der Waals surface area contributed by atoms with Crippen LogP contribution in [0.25, 0.3) is 0 Å². The average Bonchev–Trinajstić information content (AvgIpc) is 2.04. The van der Waals surface area contributed by atoms with Crippen LogP contribution in [0.4, 0.5) is 0 Å². The Labute approximate surface area is 76.5 Å². The van der Waals surface area contributed by atoms with Gasteiger partial charge in [-0.2, -0.15) is 0 Å². The molecule has 0 spiro atoms. The third-order valence-electron chi connectivity index (χ3n) is 2.14. The predicted octanol–water partition coefficient (Wildman–Crippen LogP) is 2.95. The van der Waals surface area contributed by atoms with Gasteiger partial charge < -0.3 is 5.11 Å². The van der Waals surface area contributed by atoms with Crippen LogP contribution in [0.15, 0.2) is 12.2 Å². The number of aliphatic hydroxyl groups excluding tert-OH is 1. The van der Waals surface area contributed by atoms with Gasteiger partial charge in [-0.3, -0.25) is 0 Å². The highest BCUT2D eigenvalue weighted by atomic mass is 16.3.